The van der Waals surface area contributed by atoms with Gasteiger partial charge in [0.05, 0.1) is 17.7 Å². The van der Waals surface area contributed by atoms with Crippen LogP contribution in [-0.4, -0.2) is 38.1 Å². The number of aliphatic hydroxyl groups is 1. The smallest absolute Gasteiger partial charge is 0.382 e. The number of amides is 1. The molecule has 0 aliphatic carbocycles. The molecule has 0 aliphatic heterocycles. The molecule has 4 N–H and O–H groups in total. The number of rotatable bonds is 6. The average Bonchev–Trinajstić information content (AvgIpc) is 3.21. The van der Waals surface area contributed by atoms with E-state index in [4.69, 9.17) is 5.73 Å². The van der Waals surface area contributed by atoms with Crippen LogP contribution in [0.5, 0.6) is 0 Å². The lowest BCUT2D eigenvalue weighted by Crippen LogP contribution is -2.41. The maximum Gasteiger partial charge on any atom is 0.417 e. The molecular formula is C23H16F7N5O2. The number of alkyl halides is 5. The van der Waals surface area contributed by atoms with Crippen LogP contribution in [0.25, 0.3) is 16.8 Å². The minimum absolute atomic E-state index is 0.0113. The molecule has 4 rings (SSSR count). The molecule has 0 fully saturated rings. The summed E-state index contributed by atoms with van der Waals surface area (Å²) in [6, 6.07) is 7.14. The van der Waals surface area contributed by atoms with Gasteiger partial charge in [0, 0.05) is 11.8 Å². The molecule has 1 amide bonds. The van der Waals surface area contributed by atoms with Gasteiger partial charge in [-0.3, -0.25) is 4.79 Å². The maximum absolute atomic E-state index is 15.4. The van der Waals surface area contributed by atoms with Crippen LogP contribution >= 0.6 is 0 Å². The maximum atomic E-state index is 15.4. The van der Waals surface area contributed by atoms with Crippen LogP contribution in [0.3, 0.4) is 0 Å². The molecule has 7 nitrogen and oxygen atoms in total. The van der Waals surface area contributed by atoms with Gasteiger partial charge in [0.25, 0.3) is 11.8 Å². The van der Waals surface area contributed by atoms with Crippen molar-refractivity contribution in [2.45, 2.75) is 18.2 Å². The van der Waals surface area contributed by atoms with Gasteiger partial charge in [0.2, 0.25) is 5.95 Å². The normalized spacial score (nSPS) is 13.1. The van der Waals surface area contributed by atoms with E-state index in [9.17, 15) is 36.2 Å². The van der Waals surface area contributed by atoms with Crippen molar-refractivity contribution in [3.63, 3.8) is 0 Å². The standard InChI is InChI=1S/C23H16F7N5O2/c24-13-3-1-11(2-4-13)19(36)22(26,27)10-32-20(37)17-15(23(28,29)30)6-5-14(18(17)25)12-7-8-35-16(9-12)33-21(31)34-35/h1-9,19,36H,10H2,(H2,31,34)(H,32,37). The van der Waals surface area contributed by atoms with E-state index in [1.165, 1.54) is 22.8 Å². The Morgan fingerprint density at radius 3 is 2.38 bits per heavy atom. The average molecular weight is 527 g/mol. The number of nitrogens with two attached hydrogens (primary N) is 1. The summed E-state index contributed by atoms with van der Waals surface area (Å²) >= 11 is 0. The number of nitrogens with zero attached hydrogens (tertiary/aromatic N) is 3. The molecule has 37 heavy (non-hydrogen) atoms. The van der Waals surface area contributed by atoms with E-state index in [1.54, 1.807) is 5.32 Å². The highest BCUT2D eigenvalue weighted by molar-refractivity contribution is 5.97. The van der Waals surface area contributed by atoms with Gasteiger partial charge in [-0.15, -0.1) is 5.10 Å². The SMILES string of the molecule is Nc1nc2cc(-c3ccc(C(F)(F)F)c(C(=O)NCC(F)(F)C(O)c4ccc(F)cc4)c3F)ccn2n1. The number of anilines is 1. The number of hydrogen-bond donors (Lipinski definition) is 3. The third-order valence-corrected chi connectivity index (χ3v) is 5.41. The van der Waals surface area contributed by atoms with Crippen molar-refractivity contribution in [1.29, 1.82) is 0 Å². The summed E-state index contributed by atoms with van der Waals surface area (Å²) in [4.78, 5) is 16.5. The van der Waals surface area contributed by atoms with Crippen molar-refractivity contribution >= 4 is 17.5 Å². The molecule has 0 bridgehead atoms. The van der Waals surface area contributed by atoms with E-state index >= 15 is 4.39 Å². The molecule has 14 heteroatoms. The van der Waals surface area contributed by atoms with Crippen LogP contribution in [0, 0.1) is 11.6 Å². The highest BCUT2D eigenvalue weighted by Crippen LogP contribution is 2.37. The molecule has 194 valence electrons. The van der Waals surface area contributed by atoms with Gasteiger partial charge in [0.15, 0.2) is 5.65 Å². The molecule has 0 spiro atoms. The number of halogens is 7. The molecule has 2 heterocycles. The minimum Gasteiger partial charge on any atom is -0.382 e. The Kier molecular flexibility index (Phi) is 6.54. The Bertz CT molecular complexity index is 1470. The summed E-state index contributed by atoms with van der Waals surface area (Å²) in [6.45, 7) is -1.64. The second-order valence-electron chi connectivity index (χ2n) is 7.93. The van der Waals surface area contributed by atoms with Gasteiger partial charge >= 0.3 is 6.18 Å². The Morgan fingerprint density at radius 2 is 1.73 bits per heavy atom. The summed E-state index contributed by atoms with van der Waals surface area (Å²) in [5.41, 5.74) is 1.57. The van der Waals surface area contributed by atoms with Gasteiger partial charge in [0.1, 0.15) is 17.7 Å². The Morgan fingerprint density at radius 1 is 1.05 bits per heavy atom. The first-order valence-corrected chi connectivity index (χ1v) is 10.4. The predicted molar refractivity (Wildman–Crippen MR) is 116 cm³/mol. The first kappa shape index (κ1) is 25.9. The van der Waals surface area contributed by atoms with E-state index in [1.807, 2.05) is 0 Å². The molecule has 0 saturated carbocycles. The topological polar surface area (TPSA) is 106 Å². The quantitative estimate of drug-likeness (QED) is 0.323. The number of fused-ring (bicyclic) bond motifs is 1. The highest BCUT2D eigenvalue weighted by atomic mass is 19.4. The van der Waals surface area contributed by atoms with Crippen LogP contribution in [0.15, 0.2) is 54.7 Å². The van der Waals surface area contributed by atoms with Crippen molar-refractivity contribution in [2.75, 3.05) is 12.3 Å². The zero-order valence-electron chi connectivity index (χ0n) is 18.4. The van der Waals surface area contributed by atoms with Crippen LogP contribution in [0.4, 0.5) is 36.7 Å². The first-order valence-electron chi connectivity index (χ1n) is 10.4. The van der Waals surface area contributed by atoms with E-state index in [0.29, 0.717) is 6.07 Å². The largest absolute Gasteiger partial charge is 0.417 e. The number of pyridine rings is 1. The van der Waals surface area contributed by atoms with E-state index in [2.05, 4.69) is 10.1 Å². The number of nitrogen functional groups attached to an aromatic ring is 1. The molecular weight excluding hydrogens is 511 g/mol. The summed E-state index contributed by atoms with van der Waals surface area (Å²) in [6.07, 6.45) is -6.43. The van der Waals surface area contributed by atoms with Crippen molar-refractivity contribution in [3.8, 4) is 11.1 Å². The summed E-state index contributed by atoms with van der Waals surface area (Å²) in [7, 11) is 0. The second kappa shape index (κ2) is 9.35. The van der Waals surface area contributed by atoms with E-state index in [0.717, 1.165) is 30.3 Å². The zero-order chi connectivity index (χ0) is 27.1. The van der Waals surface area contributed by atoms with Gasteiger partial charge in [-0.2, -0.15) is 18.2 Å². The number of benzene rings is 2. The number of aromatic nitrogens is 3. The zero-order valence-corrected chi connectivity index (χ0v) is 18.4. The fraction of sp³-hybridized carbons (Fsp3) is 0.174. The van der Waals surface area contributed by atoms with Crippen molar-refractivity contribution < 1.29 is 40.6 Å². The fourth-order valence-corrected chi connectivity index (χ4v) is 3.60. The Labute approximate surface area is 203 Å². The van der Waals surface area contributed by atoms with E-state index < -0.39 is 64.5 Å². The van der Waals surface area contributed by atoms with Crippen LogP contribution in [-0.2, 0) is 6.18 Å². The van der Waals surface area contributed by atoms with Gasteiger partial charge < -0.3 is 16.2 Å². The number of carbonyl (C=O) groups is 1. The predicted octanol–water partition coefficient (Wildman–Crippen LogP) is 4.37. The van der Waals surface area contributed by atoms with Crippen LogP contribution in [0.2, 0.25) is 0 Å². The van der Waals surface area contributed by atoms with E-state index in [-0.39, 0.29) is 17.2 Å². The first-order chi connectivity index (χ1) is 17.3. The second-order valence-corrected chi connectivity index (χ2v) is 7.93. The van der Waals surface area contributed by atoms with Crippen molar-refractivity contribution in [2.24, 2.45) is 0 Å². The summed E-state index contributed by atoms with van der Waals surface area (Å²) in [5.74, 6) is -8.38. The molecule has 2 aromatic carbocycles. The third kappa shape index (κ3) is 5.18. The summed E-state index contributed by atoms with van der Waals surface area (Å²) in [5, 5.41) is 15.3. The molecule has 2 aromatic heterocycles. The minimum atomic E-state index is -5.20. The van der Waals surface area contributed by atoms with Gasteiger partial charge in [-0.1, -0.05) is 18.2 Å². The van der Waals surface area contributed by atoms with Gasteiger partial charge in [-0.05, 0) is 41.5 Å². The summed E-state index contributed by atoms with van der Waals surface area (Å²) < 4.78 is 99.4. The lowest BCUT2D eigenvalue weighted by atomic mass is 9.97. The monoisotopic (exact) mass is 527 g/mol. The fourth-order valence-electron chi connectivity index (χ4n) is 3.60. The Hall–Kier alpha value is -4.20. The molecule has 1 atom stereocenters. The number of carbonyl (C=O) groups excluding carboxylic acids is 1. The lowest BCUT2D eigenvalue weighted by Gasteiger charge is -2.24. The molecule has 4 aromatic rings. The molecule has 0 aliphatic rings. The number of hydrogen-bond acceptors (Lipinski definition) is 5. The van der Waals surface area contributed by atoms with Crippen LogP contribution in [0.1, 0.15) is 27.6 Å². The Balaban J connectivity index is 1.67. The van der Waals surface area contributed by atoms with Gasteiger partial charge in [-0.25, -0.2) is 22.1 Å². The third-order valence-electron chi connectivity index (χ3n) is 5.41. The van der Waals surface area contributed by atoms with Crippen molar-refractivity contribution in [3.05, 3.63) is 83.1 Å². The lowest BCUT2D eigenvalue weighted by molar-refractivity contribution is -0.138. The van der Waals surface area contributed by atoms with Crippen LogP contribution < -0.4 is 11.1 Å². The molecule has 1 unspecified atom stereocenters. The molecule has 0 radical (unpaired) electrons. The van der Waals surface area contributed by atoms with Crippen molar-refractivity contribution in [1.82, 2.24) is 19.9 Å². The number of aliphatic hydroxyl groups excluding tert-OH is 1. The highest BCUT2D eigenvalue weighted by Gasteiger charge is 2.42. The number of nitrogens with one attached hydrogen (secondary N) is 1. The molecule has 0 saturated heterocycles.